The Morgan fingerprint density at radius 2 is 1.69 bits per heavy atom. The SMILES string of the molecule is CCOC(Cc1ccc(OCC=C(C)C#Cc2cc(C(F)(F)F)cc(C(F)(F)F)c2)c(Br)c1)C(=O)O. The number of hydrogen-bond acceptors (Lipinski definition) is 3. The molecular formula is C25H21BrF6O4. The van der Waals surface area contributed by atoms with Gasteiger partial charge in [0, 0.05) is 18.6 Å². The molecule has 1 atom stereocenters. The summed E-state index contributed by atoms with van der Waals surface area (Å²) in [5.74, 6) is 4.22. The van der Waals surface area contributed by atoms with E-state index >= 15 is 0 Å². The molecule has 2 aromatic rings. The van der Waals surface area contributed by atoms with Crippen LogP contribution in [0.3, 0.4) is 0 Å². The second-order valence-corrected chi connectivity index (χ2v) is 8.35. The van der Waals surface area contributed by atoms with E-state index in [0.29, 0.717) is 33.5 Å². The number of carbonyl (C=O) groups is 1. The van der Waals surface area contributed by atoms with Gasteiger partial charge in [0.2, 0.25) is 0 Å². The number of ether oxygens (including phenoxy) is 2. The van der Waals surface area contributed by atoms with Crippen molar-refractivity contribution in [2.24, 2.45) is 0 Å². The van der Waals surface area contributed by atoms with E-state index in [1.165, 1.54) is 13.0 Å². The van der Waals surface area contributed by atoms with Crippen LogP contribution < -0.4 is 4.74 Å². The van der Waals surface area contributed by atoms with Crippen molar-refractivity contribution in [3.63, 3.8) is 0 Å². The molecule has 0 aromatic heterocycles. The number of benzene rings is 2. The van der Waals surface area contributed by atoms with Crippen LogP contribution >= 0.6 is 15.9 Å². The van der Waals surface area contributed by atoms with Crippen LogP contribution in [-0.4, -0.2) is 30.4 Å². The highest BCUT2D eigenvalue weighted by Crippen LogP contribution is 2.36. The first kappa shape index (κ1) is 29.3. The van der Waals surface area contributed by atoms with Crippen molar-refractivity contribution in [3.8, 4) is 17.6 Å². The molecule has 0 fully saturated rings. The fourth-order valence-corrected chi connectivity index (χ4v) is 3.47. The van der Waals surface area contributed by atoms with Gasteiger partial charge in [-0.1, -0.05) is 17.9 Å². The summed E-state index contributed by atoms with van der Waals surface area (Å²) in [4.78, 5) is 11.2. The minimum Gasteiger partial charge on any atom is -0.488 e. The number of carboxylic acid groups (broad SMARTS) is 1. The lowest BCUT2D eigenvalue weighted by Gasteiger charge is -2.13. The standard InChI is InChI=1S/C25H21BrF6O4/c1-3-35-22(23(33)34)13-17-6-7-21(20(26)12-17)36-9-8-15(2)4-5-16-10-18(24(27,28)29)14-19(11-16)25(30,31)32/h6-8,10-12,14,22H,3,9,13H2,1-2H3,(H,33,34). The van der Waals surface area contributed by atoms with Gasteiger partial charge >= 0.3 is 18.3 Å². The summed E-state index contributed by atoms with van der Waals surface area (Å²) in [6.45, 7) is 3.51. The Kier molecular flexibility index (Phi) is 10.0. The smallest absolute Gasteiger partial charge is 0.416 e. The molecule has 0 radical (unpaired) electrons. The number of allylic oxidation sites excluding steroid dienone is 1. The van der Waals surface area contributed by atoms with Crippen molar-refractivity contribution in [2.45, 2.75) is 38.7 Å². The van der Waals surface area contributed by atoms with E-state index in [-0.39, 0.29) is 25.7 Å². The molecule has 0 heterocycles. The van der Waals surface area contributed by atoms with E-state index in [1.807, 2.05) is 0 Å². The van der Waals surface area contributed by atoms with E-state index in [4.69, 9.17) is 9.47 Å². The average molecular weight is 579 g/mol. The van der Waals surface area contributed by atoms with Gasteiger partial charge in [-0.15, -0.1) is 0 Å². The molecular weight excluding hydrogens is 558 g/mol. The Morgan fingerprint density at radius 1 is 1.08 bits per heavy atom. The number of hydrogen-bond donors (Lipinski definition) is 1. The van der Waals surface area contributed by atoms with Crippen molar-refractivity contribution in [2.75, 3.05) is 13.2 Å². The Labute approximate surface area is 212 Å². The maximum atomic E-state index is 13.0. The first-order chi connectivity index (χ1) is 16.7. The first-order valence-corrected chi connectivity index (χ1v) is 11.2. The van der Waals surface area contributed by atoms with Crippen LogP contribution in [0.5, 0.6) is 5.75 Å². The maximum absolute atomic E-state index is 13.0. The third kappa shape index (κ3) is 8.91. The predicted molar refractivity (Wildman–Crippen MR) is 123 cm³/mol. The molecule has 0 aliphatic rings. The summed E-state index contributed by atoms with van der Waals surface area (Å²) in [5, 5.41) is 9.19. The topological polar surface area (TPSA) is 55.8 Å². The average Bonchev–Trinajstić information content (AvgIpc) is 2.77. The van der Waals surface area contributed by atoms with E-state index in [1.54, 1.807) is 25.1 Å². The molecule has 0 saturated carbocycles. The third-order valence-electron chi connectivity index (χ3n) is 4.68. The second kappa shape index (κ2) is 12.3. The molecule has 0 bridgehead atoms. The molecule has 0 spiro atoms. The van der Waals surface area contributed by atoms with E-state index in [0.717, 1.165) is 0 Å². The van der Waals surface area contributed by atoms with Gasteiger partial charge in [-0.25, -0.2) is 4.79 Å². The summed E-state index contributed by atoms with van der Waals surface area (Å²) >= 11 is 3.34. The Balaban J connectivity index is 2.11. The molecule has 0 aliphatic carbocycles. The Bertz CT molecular complexity index is 1140. The van der Waals surface area contributed by atoms with Crippen LogP contribution in [0.15, 0.2) is 52.5 Å². The van der Waals surface area contributed by atoms with Gasteiger partial charge in [0.05, 0.1) is 15.6 Å². The lowest BCUT2D eigenvalue weighted by Crippen LogP contribution is -2.26. The normalized spacial score (nSPS) is 13.1. The summed E-state index contributed by atoms with van der Waals surface area (Å²) < 4.78 is 89.2. The fourth-order valence-electron chi connectivity index (χ4n) is 2.93. The number of aliphatic carboxylic acids is 1. The largest absolute Gasteiger partial charge is 0.488 e. The summed E-state index contributed by atoms with van der Waals surface area (Å²) in [5.41, 5.74) is -2.22. The van der Waals surface area contributed by atoms with Crippen LogP contribution in [-0.2, 0) is 28.3 Å². The number of alkyl halides is 6. The van der Waals surface area contributed by atoms with Gasteiger partial charge in [-0.05, 0) is 77.3 Å². The zero-order chi connectivity index (χ0) is 27.1. The van der Waals surface area contributed by atoms with Crippen molar-refractivity contribution in [1.82, 2.24) is 0 Å². The quantitative estimate of drug-likeness (QED) is 0.273. The highest BCUT2D eigenvalue weighted by Gasteiger charge is 2.36. The van der Waals surface area contributed by atoms with Gasteiger partial charge in [-0.2, -0.15) is 26.3 Å². The molecule has 1 N–H and O–H groups in total. The first-order valence-electron chi connectivity index (χ1n) is 10.4. The van der Waals surface area contributed by atoms with Crippen LogP contribution in [0.4, 0.5) is 26.3 Å². The van der Waals surface area contributed by atoms with Crippen molar-refractivity contribution >= 4 is 21.9 Å². The van der Waals surface area contributed by atoms with Crippen molar-refractivity contribution in [3.05, 3.63) is 74.8 Å². The second-order valence-electron chi connectivity index (χ2n) is 7.49. The molecule has 0 aliphatic heterocycles. The van der Waals surface area contributed by atoms with Gasteiger partial charge in [0.1, 0.15) is 12.4 Å². The number of halogens is 7. The molecule has 4 nitrogen and oxygen atoms in total. The fraction of sp³-hybridized carbons (Fsp3) is 0.320. The predicted octanol–water partition coefficient (Wildman–Crippen LogP) is 6.90. The van der Waals surface area contributed by atoms with Crippen LogP contribution in [0.25, 0.3) is 0 Å². The van der Waals surface area contributed by atoms with Crippen molar-refractivity contribution < 1.29 is 45.7 Å². The molecule has 11 heteroatoms. The summed E-state index contributed by atoms with van der Waals surface area (Å²) in [6.07, 6.45) is -9.21. The minimum atomic E-state index is -4.95. The van der Waals surface area contributed by atoms with Crippen LogP contribution in [0.1, 0.15) is 36.1 Å². The minimum absolute atomic E-state index is 0.0194. The van der Waals surface area contributed by atoms with E-state index in [2.05, 4.69) is 27.8 Å². The van der Waals surface area contributed by atoms with Gasteiger partial charge < -0.3 is 14.6 Å². The molecule has 0 saturated heterocycles. The Hall–Kier alpha value is -2.97. The Morgan fingerprint density at radius 3 is 2.19 bits per heavy atom. The van der Waals surface area contributed by atoms with Crippen molar-refractivity contribution in [1.29, 1.82) is 0 Å². The lowest BCUT2D eigenvalue weighted by atomic mass is 10.0. The maximum Gasteiger partial charge on any atom is 0.416 e. The van der Waals surface area contributed by atoms with Gasteiger partial charge in [0.15, 0.2) is 6.10 Å². The lowest BCUT2D eigenvalue weighted by molar-refractivity contribution is -0.150. The third-order valence-corrected chi connectivity index (χ3v) is 5.30. The zero-order valence-electron chi connectivity index (χ0n) is 19.1. The highest BCUT2D eigenvalue weighted by molar-refractivity contribution is 9.10. The van der Waals surface area contributed by atoms with Gasteiger partial charge in [0.25, 0.3) is 0 Å². The molecule has 2 aromatic carbocycles. The van der Waals surface area contributed by atoms with E-state index < -0.39 is 41.1 Å². The number of carboxylic acids is 1. The molecule has 0 amide bonds. The molecule has 36 heavy (non-hydrogen) atoms. The molecule has 194 valence electrons. The molecule has 1 unspecified atom stereocenters. The van der Waals surface area contributed by atoms with Gasteiger partial charge in [-0.3, -0.25) is 0 Å². The van der Waals surface area contributed by atoms with Crippen LogP contribution in [0, 0.1) is 11.8 Å². The highest BCUT2D eigenvalue weighted by atomic mass is 79.9. The summed E-state index contributed by atoms with van der Waals surface area (Å²) in [6, 6.07) is 6.16. The van der Waals surface area contributed by atoms with E-state index in [9.17, 15) is 36.2 Å². The van der Waals surface area contributed by atoms with Crippen LogP contribution in [0.2, 0.25) is 0 Å². The monoisotopic (exact) mass is 578 g/mol. The number of rotatable bonds is 8. The summed E-state index contributed by atoms with van der Waals surface area (Å²) in [7, 11) is 0. The zero-order valence-corrected chi connectivity index (χ0v) is 20.6. The molecule has 2 rings (SSSR count).